The van der Waals surface area contributed by atoms with E-state index >= 15 is 0 Å². The molecule has 2 nitrogen and oxygen atoms in total. The summed E-state index contributed by atoms with van der Waals surface area (Å²) in [4.78, 5) is 0. The Morgan fingerprint density at radius 3 is 2.58 bits per heavy atom. The Hall–Kier alpha value is -0.0800. The molecule has 2 heteroatoms. The summed E-state index contributed by atoms with van der Waals surface area (Å²) >= 11 is 0. The molecule has 1 aliphatic rings. The van der Waals surface area contributed by atoms with Gasteiger partial charge in [0.05, 0.1) is 19.3 Å². The molecule has 1 saturated carbocycles. The lowest BCUT2D eigenvalue weighted by atomic mass is 9.88. The lowest BCUT2D eigenvalue weighted by Gasteiger charge is -2.28. The largest absolute Gasteiger partial charge is 0.382 e. The summed E-state index contributed by atoms with van der Waals surface area (Å²) < 4.78 is 10.7. The van der Waals surface area contributed by atoms with Gasteiger partial charge in [0.2, 0.25) is 0 Å². The topological polar surface area (TPSA) is 18.5 Å². The quantitative estimate of drug-likeness (QED) is 0.605. The molecule has 0 saturated heterocycles. The number of hydrogen-bond donors (Lipinski definition) is 0. The van der Waals surface area contributed by atoms with Gasteiger partial charge in [-0.1, -0.05) is 19.8 Å². The summed E-state index contributed by atoms with van der Waals surface area (Å²) in [6.07, 6.45) is 5.78. The second kappa shape index (κ2) is 5.55. The fourth-order valence-electron chi connectivity index (χ4n) is 1.81. The van der Waals surface area contributed by atoms with Gasteiger partial charge < -0.3 is 9.47 Å². The number of rotatable bonds is 4. The van der Waals surface area contributed by atoms with Crippen LogP contribution >= 0.6 is 0 Å². The standard InChI is InChI=1S/C10H20O2/c1-9-5-3-4-6-10(9)12-8-7-11-2/h9-10H,3-8H2,1-2H3. The third kappa shape index (κ3) is 3.11. The van der Waals surface area contributed by atoms with Gasteiger partial charge in [0.1, 0.15) is 0 Å². The normalized spacial score (nSPS) is 30.5. The Morgan fingerprint density at radius 2 is 1.92 bits per heavy atom. The van der Waals surface area contributed by atoms with Crippen molar-refractivity contribution in [1.82, 2.24) is 0 Å². The monoisotopic (exact) mass is 172 g/mol. The first kappa shape index (κ1) is 10.0. The van der Waals surface area contributed by atoms with Crippen molar-refractivity contribution in [2.24, 2.45) is 5.92 Å². The molecule has 1 fully saturated rings. The average Bonchev–Trinajstić information content (AvgIpc) is 2.09. The molecule has 1 rings (SSSR count). The molecule has 0 radical (unpaired) electrons. The van der Waals surface area contributed by atoms with Crippen LogP contribution in [0.1, 0.15) is 32.6 Å². The van der Waals surface area contributed by atoms with Crippen LogP contribution in [-0.2, 0) is 9.47 Å². The first-order valence-electron chi connectivity index (χ1n) is 4.95. The third-order valence-electron chi connectivity index (χ3n) is 2.65. The zero-order chi connectivity index (χ0) is 8.81. The van der Waals surface area contributed by atoms with Crippen LogP contribution in [0.25, 0.3) is 0 Å². The van der Waals surface area contributed by atoms with Crippen LogP contribution < -0.4 is 0 Å². The van der Waals surface area contributed by atoms with Crippen molar-refractivity contribution in [1.29, 1.82) is 0 Å². The van der Waals surface area contributed by atoms with Gasteiger partial charge in [-0.2, -0.15) is 0 Å². The Labute approximate surface area is 75.2 Å². The van der Waals surface area contributed by atoms with Crippen LogP contribution in [0.15, 0.2) is 0 Å². The second-order valence-corrected chi connectivity index (χ2v) is 3.66. The lowest BCUT2D eigenvalue weighted by molar-refractivity contribution is -0.0262. The van der Waals surface area contributed by atoms with E-state index in [1.165, 1.54) is 25.7 Å². The number of hydrogen-bond acceptors (Lipinski definition) is 2. The minimum atomic E-state index is 0.494. The van der Waals surface area contributed by atoms with Gasteiger partial charge in [-0.3, -0.25) is 0 Å². The van der Waals surface area contributed by atoms with Crippen molar-refractivity contribution >= 4 is 0 Å². The fourth-order valence-corrected chi connectivity index (χ4v) is 1.81. The van der Waals surface area contributed by atoms with E-state index in [-0.39, 0.29) is 0 Å². The SMILES string of the molecule is COCCOC1CCCCC1C. The molecule has 0 amide bonds. The van der Waals surface area contributed by atoms with Gasteiger partial charge in [0.25, 0.3) is 0 Å². The van der Waals surface area contributed by atoms with Crippen LogP contribution in [0.2, 0.25) is 0 Å². The van der Waals surface area contributed by atoms with Crippen LogP contribution in [-0.4, -0.2) is 26.4 Å². The highest BCUT2D eigenvalue weighted by Crippen LogP contribution is 2.25. The van der Waals surface area contributed by atoms with E-state index in [0.717, 1.165) is 19.1 Å². The van der Waals surface area contributed by atoms with Crippen molar-refractivity contribution in [3.05, 3.63) is 0 Å². The molecule has 2 atom stereocenters. The predicted molar refractivity (Wildman–Crippen MR) is 49.2 cm³/mol. The molecule has 0 aromatic carbocycles. The zero-order valence-electron chi connectivity index (χ0n) is 8.21. The van der Waals surface area contributed by atoms with Crippen molar-refractivity contribution in [2.45, 2.75) is 38.7 Å². The molecule has 0 aromatic heterocycles. The van der Waals surface area contributed by atoms with E-state index in [1.807, 2.05) is 0 Å². The highest BCUT2D eigenvalue weighted by Gasteiger charge is 2.21. The molecule has 0 aliphatic heterocycles. The van der Waals surface area contributed by atoms with Crippen molar-refractivity contribution < 1.29 is 9.47 Å². The number of methoxy groups -OCH3 is 1. The van der Waals surface area contributed by atoms with E-state index in [1.54, 1.807) is 7.11 Å². The number of ether oxygens (including phenoxy) is 2. The van der Waals surface area contributed by atoms with Crippen LogP contribution in [0.3, 0.4) is 0 Å². The Morgan fingerprint density at radius 1 is 1.17 bits per heavy atom. The summed E-state index contributed by atoms with van der Waals surface area (Å²) in [6, 6.07) is 0. The molecule has 1 aliphatic carbocycles. The smallest absolute Gasteiger partial charge is 0.0704 e. The van der Waals surface area contributed by atoms with Crippen molar-refractivity contribution in [2.75, 3.05) is 20.3 Å². The molecule has 0 N–H and O–H groups in total. The lowest BCUT2D eigenvalue weighted by Crippen LogP contribution is -2.26. The molecule has 0 spiro atoms. The van der Waals surface area contributed by atoms with E-state index < -0.39 is 0 Å². The first-order valence-corrected chi connectivity index (χ1v) is 4.95. The Bertz CT molecular complexity index is 114. The molecule has 2 unspecified atom stereocenters. The second-order valence-electron chi connectivity index (χ2n) is 3.66. The maximum absolute atomic E-state index is 5.71. The van der Waals surface area contributed by atoms with Gasteiger partial charge >= 0.3 is 0 Å². The summed E-state index contributed by atoms with van der Waals surface area (Å²) in [7, 11) is 1.72. The molecular weight excluding hydrogens is 152 g/mol. The van der Waals surface area contributed by atoms with Gasteiger partial charge in [-0.15, -0.1) is 0 Å². The summed E-state index contributed by atoms with van der Waals surface area (Å²) in [5.74, 6) is 0.746. The molecule has 0 aromatic rings. The van der Waals surface area contributed by atoms with E-state index in [4.69, 9.17) is 9.47 Å². The molecule has 0 bridgehead atoms. The highest BCUT2D eigenvalue weighted by atomic mass is 16.5. The minimum Gasteiger partial charge on any atom is -0.382 e. The Balaban J connectivity index is 2.11. The zero-order valence-corrected chi connectivity index (χ0v) is 8.21. The summed E-state index contributed by atoms with van der Waals surface area (Å²) in [5.41, 5.74) is 0. The molecular formula is C10H20O2. The van der Waals surface area contributed by atoms with Crippen molar-refractivity contribution in [3.8, 4) is 0 Å². The summed E-state index contributed by atoms with van der Waals surface area (Å²) in [6.45, 7) is 3.77. The van der Waals surface area contributed by atoms with E-state index in [0.29, 0.717) is 6.10 Å². The molecule has 72 valence electrons. The van der Waals surface area contributed by atoms with Crippen LogP contribution in [0, 0.1) is 5.92 Å². The van der Waals surface area contributed by atoms with Crippen molar-refractivity contribution in [3.63, 3.8) is 0 Å². The van der Waals surface area contributed by atoms with Gasteiger partial charge in [-0.05, 0) is 18.8 Å². The highest BCUT2D eigenvalue weighted by molar-refractivity contribution is 4.72. The maximum Gasteiger partial charge on any atom is 0.0704 e. The predicted octanol–water partition coefficient (Wildman–Crippen LogP) is 2.23. The van der Waals surface area contributed by atoms with Crippen LogP contribution in [0.5, 0.6) is 0 Å². The maximum atomic E-state index is 5.71. The van der Waals surface area contributed by atoms with Gasteiger partial charge in [0.15, 0.2) is 0 Å². The minimum absolute atomic E-state index is 0.494. The third-order valence-corrected chi connectivity index (χ3v) is 2.65. The summed E-state index contributed by atoms with van der Waals surface area (Å²) in [5, 5.41) is 0. The van der Waals surface area contributed by atoms with E-state index in [2.05, 4.69) is 6.92 Å². The van der Waals surface area contributed by atoms with E-state index in [9.17, 15) is 0 Å². The molecule has 0 heterocycles. The average molecular weight is 172 g/mol. The fraction of sp³-hybridized carbons (Fsp3) is 1.00. The Kier molecular flexibility index (Phi) is 4.62. The van der Waals surface area contributed by atoms with Crippen LogP contribution in [0.4, 0.5) is 0 Å². The van der Waals surface area contributed by atoms with Gasteiger partial charge in [-0.25, -0.2) is 0 Å². The first-order chi connectivity index (χ1) is 5.84. The molecule has 12 heavy (non-hydrogen) atoms. The van der Waals surface area contributed by atoms with Gasteiger partial charge in [0, 0.05) is 7.11 Å².